The zero-order valence-corrected chi connectivity index (χ0v) is 21.8. The highest BCUT2D eigenvalue weighted by Gasteiger charge is 2.28. The largest absolute Gasteiger partial charge is 0.461 e. The third kappa shape index (κ3) is 3.35. The van der Waals surface area contributed by atoms with Crippen LogP contribution < -0.4 is 0 Å². The number of ether oxygens (including phenoxy) is 1. The van der Waals surface area contributed by atoms with Crippen LogP contribution in [0.1, 0.15) is 39.7 Å². The molecule has 0 unspecified atom stereocenters. The molecular weight excluding hydrogens is 498 g/mol. The first-order chi connectivity index (χ1) is 19.7. The Hall–Kier alpha value is -5.10. The fourth-order valence-corrected chi connectivity index (χ4v) is 6.21. The molecule has 0 bridgehead atoms. The maximum Gasteiger partial charge on any atom is 0.357 e. The number of nitrogens with zero attached hydrogens (tertiary/aromatic N) is 3. The molecule has 6 heteroatoms. The van der Waals surface area contributed by atoms with Crippen molar-refractivity contribution in [3.8, 4) is 44.6 Å². The van der Waals surface area contributed by atoms with Crippen molar-refractivity contribution in [2.45, 2.75) is 19.8 Å². The van der Waals surface area contributed by atoms with Crippen LogP contribution >= 0.6 is 0 Å². The van der Waals surface area contributed by atoms with Gasteiger partial charge in [0.1, 0.15) is 11.2 Å². The van der Waals surface area contributed by atoms with Gasteiger partial charge in [-0.3, -0.25) is 0 Å². The molecule has 8 rings (SSSR count). The van der Waals surface area contributed by atoms with Crippen LogP contribution in [0.5, 0.6) is 0 Å². The van der Waals surface area contributed by atoms with E-state index in [1.165, 1.54) is 38.9 Å². The number of carbonyl (C=O) groups excluding carboxylic acids is 1. The molecule has 0 saturated carbocycles. The Bertz CT molecular complexity index is 2010. The van der Waals surface area contributed by atoms with E-state index < -0.39 is 5.97 Å². The van der Waals surface area contributed by atoms with E-state index in [0.29, 0.717) is 22.3 Å². The zero-order chi connectivity index (χ0) is 26.8. The fourth-order valence-electron chi connectivity index (χ4n) is 6.21. The number of carbonyl (C=O) groups is 1. The molecule has 4 aromatic carbocycles. The molecule has 6 nitrogen and oxygen atoms in total. The highest BCUT2D eigenvalue weighted by Crippen LogP contribution is 2.43. The van der Waals surface area contributed by atoms with E-state index in [1.54, 1.807) is 6.92 Å². The number of fused-ring (bicyclic) bond motifs is 7. The van der Waals surface area contributed by atoms with Gasteiger partial charge in [-0.05, 0) is 92.3 Å². The van der Waals surface area contributed by atoms with Crippen molar-refractivity contribution in [2.75, 3.05) is 6.61 Å². The Morgan fingerprint density at radius 3 is 1.98 bits per heavy atom. The lowest BCUT2D eigenvalue weighted by atomic mass is 9.95. The summed E-state index contributed by atoms with van der Waals surface area (Å²) in [6.07, 6.45) is 1.78. The summed E-state index contributed by atoms with van der Waals surface area (Å²) in [4.78, 5) is 18.3. The molecule has 0 spiro atoms. The number of aromatic nitrogens is 3. The van der Waals surface area contributed by atoms with Crippen molar-refractivity contribution >= 4 is 17.0 Å². The van der Waals surface area contributed by atoms with Gasteiger partial charge >= 0.3 is 5.97 Å². The monoisotopic (exact) mass is 521 g/mol. The van der Waals surface area contributed by atoms with Crippen LogP contribution in [0.4, 0.5) is 0 Å². The van der Waals surface area contributed by atoms with Crippen molar-refractivity contribution in [3.05, 3.63) is 113 Å². The van der Waals surface area contributed by atoms with E-state index >= 15 is 0 Å². The van der Waals surface area contributed by atoms with Crippen LogP contribution in [0, 0.1) is 0 Å². The first-order valence-electron chi connectivity index (χ1n) is 13.5. The Balaban J connectivity index is 1.34. The molecule has 2 heterocycles. The number of benzene rings is 4. The average molecular weight is 522 g/mol. The summed E-state index contributed by atoms with van der Waals surface area (Å²) in [6.45, 7) is 2.02. The number of hydrogen-bond donors (Lipinski definition) is 0. The Morgan fingerprint density at radius 1 is 0.725 bits per heavy atom. The summed E-state index contributed by atoms with van der Waals surface area (Å²) in [5, 5.41) is 8.57. The van der Waals surface area contributed by atoms with E-state index in [9.17, 15) is 4.79 Å². The molecule has 0 fully saturated rings. The van der Waals surface area contributed by atoms with Crippen LogP contribution in [-0.4, -0.2) is 27.9 Å². The summed E-state index contributed by atoms with van der Waals surface area (Å²) >= 11 is 0. The predicted octanol–water partition coefficient (Wildman–Crippen LogP) is 7.27. The van der Waals surface area contributed by atoms with Crippen molar-refractivity contribution in [2.24, 2.45) is 0 Å². The number of hydrogen-bond acceptors (Lipinski definition) is 6. The van der Waals surface area contributed by atoms with E-state index in [4.69, 9.17) is 14.3 Å². The first kappa shape index (κ1) is 22.8. The minimum absolute atomic E-state index is 0.201. The topological polar surface area (TPSA) is 78.1 Å². The lowest BCUT2D eigenvalue weighted by molar-refractivity contribution is 0.0521. The Morgan fingerprint density at radius 2 is 1.30 bits per heavy atom. The minimum Gasteiger partial charge on any atom is -0.461 e. The number of pyridine rings is 1. The second-order valence-corrected chi connectivity index (χ2v) is 10.3. The molecule has 2 aliphatic rings. The third-order valence-electron chi connectivity index (χ3n) is 8.04. The molecule has 0 radical (unpaired) electrons. The van der Waals surface area contributed by atoms with E-state index in [-0.39, 0.29) is 12.3 Å². The van der Waals surface area contributed by atoms with Crippen LogP contribution in [0.15, 0.2) is 89.6 Å². The van der Waals surface area contributed by atoms with Crippen molar-refractivity contribution in [3.63, 3.8) is 0 Å². The summed E-state index contributed by atoms with van der Waals surface area (Å²) < 4.78 is 10.8. The molecule has 0 N–H and O–H groups in total. The Labute approximate surface area is 230 Å². The van der Waals surface area contributed by atoms with Crippen LogP contribution in [-0.2, 0) is 17.6 Å². The molecule has 2 aliphatic carbocycles. The lowest BCUT2D eigenvalue weighted by Gasteiger charge is -2.13. The van der Waals surface area contributed by atoms with E-state index in [2.05, 4.69) is 83.1 Å². The van der Waals surface area contributed by atoms with Gasteiger partial charge in [0.15, 0.2) is 11.2 Å². The normalized spacial score (nSPS) is 12.6. The van der Waals surface area contributed by atoms with Gasteiger partial charge < -0.3 is 4.74 Å². The number of esters is 1. The number of rotatable bonds is 4. The van der Waals surface area contributed by atoms with Gasteiger partial charge in [-0.2, -0.15) is 0 Å². The van der Waals surface area contributed by atoms with Crippen molar-refractivity contribution < 1.29 is 14.2 Å². The van der Waals surface area contributed by atoms with Gasteiger partial charge in [-0.1, -0.05) is 72.8 Å². The van der Waals surface area contributed by atoms with Gasteiger partial charge in [-0.25, -0.2) is 14.4 Å². The summed E-state index contributed by atoms with van der Waals surface area (Å²) in [5.74, 6) is -0.504. The second-order valence-electron chi connectivity index (χ2n) is 10.3. The van der Waals surface area contributed by atoms with Gasteiger partial charge in [-0.15, -0.1) is 0 Å². The maximum atomic E-state index is 13.4. The van der Waals surface area contributed by atoms with Crippen LogP contribution in [0.3, 0.4) is 0 Å². The average Bonchev–Trinajstić information content (AvgIpc) is 3.71. The molecule has 6 aromatic rings. The summed E-state index contributed by atoms with van der Waals surface area (Å²) in [5.41, 5.74) is 13.8. The minimum atomic E-state index is -0.504. The molecule has 0 saturated heterocycles. The highest BCUT2D eigenvalue weighted by molar-refractivity contribution is 6.08. The molecule has 40 heavy (non-hydrogen) atoms. The van der Waals surface area contributed by atoms with Crippen LogP contribution in [0.2, 0.25) is 0 Å². The predicted molar refractivity (Wildman–Crippen MR) is 153 cm³/mol. The van der Waals surface area contributed by atoms with E-state index in [1.807, 2.05) is 12.1 Å². The van der Waals surface area contributed by atoms with Gasteiger partial charge in [0.2, 0.25) is 0 Å². The highest BCUT2D eigenvalue weighted by atomic mass is 16.6. The zero-order valence-electron chi connectivity index (χ0n) is 21.8. The molecule has 192 valence electrons. The van der Waals surface area contributed by atoms with Gasteiger partial charge in [0.05, 0.1) is 6.61 Å². The van der Waals surface area contributed by atoms with Crippen molar-refractivity contribution in [1.29, 1.82) is 0 Å². The Kier molecular flexibility index (Phi) is 4.98. The fraction of sp³-hybridized carbons (Fsp3) is 0.118. The lowest BCUT2D eigenvalue weighted by Crippen LogP contribution is -2.11. The van der Waals surface area contributed by atoms with Gasteiger partial charge in [0.25, 0.3) is 0 Å². The summed E-state index contributed by atoms with van der Waals surface area (Å²) in [6, 6.07) is 29.4. The molecule has 2 aromatic heterocycles. The van der Waals surface area contributed by atoms with E-state index in [0.717, 1.165) is 29.5 Å². The molecule has 0 amide bonds. The first-order valence-corrected chi connectivity index (χ1v) is 13.5. The van der Waals surface area contributed by atoms with Crippen LogP contribution in [0.25, 0.3) is 55.7 Å². The van der Waals surface area contributed by atoms with Gasteiger partial charge in [0, 0.05) is 11.1 Å². The second kappa shape index (κ2) is 8.71. The maximum absolute atomic E-state index is 13.4. The van der Waals surface area contributed by atoms with Crippen molar-refractivity contribution in [1.82, 2.24) is 15.3 Å². The molecule has 0 aliphatic heterocycles. The summed E-state index contributed by atoms with van der Waals surface area (Å²) in [7, 11) is 0. The third-order valence-corrected chi connectivity index (χ3v) is 8.04. The molecule has 0 atom stereocenters. The SMILES string of the molecule is CCOC(=O)c1nc(-c2ccc3c(c2)-c2ccccc2C3)c2nonc2c1-c1ccc2c(c1)-c1ccccc1C2. The quantitative estimate of drug-likeness (QED) is 0.227. The smallest absolute Gasteiger partial charge is 0.357 e. The molecular formula is C34H23N3O3. The standard InChI is InChI=1S/C34H23N3O3/c1-2-39-34(38)32-29(23-13-11-21-15-19-7-3-5-9-25(19)27(21)17-23)31-33(37-40-36-31)30(35-32)24-14-12-22-16-20-8-4-6-10-26(20)28(22)18-24/h3-14,17-18H,2,15-16H2,1H3.